The number of benzene rings is 1. The number of rotatable bonds is 6. The van der Waals surface area contributed by atoms with Crippen LogP contribution in [0.1, 0.15) is 17.0 Å². The van der Waals surface area contributed by atoms with E-state index in [1.165, 1.54) is 6.07 Å². The summed E-state index contributed by atoms with van der Waals surface area (Å²) in [5, 5.41) is 4.58. The first kappa shape index (κ1) is 18.6. The highest BCUT2D eigenvalue weighted by molar-refractivity contribution is 5.75. The van der Waals surface area contributed by atoms with E-state index in [-0.39, 0.29) is 24.0 Å². The minimum atomic E-state index is -3.60. The second-order valence-corrected chi connectivity index (χ2v) is 7.15. The molecule has 0 bridgehead atoms. The van der Waals surface area contributed by atoms with Gasteiger partial charge in [0.25, 0.3) is 0 Å². The number of ether oxygens (including phenoxy) is 2. The molecular weight excluding hydrogens is 372 g/mol. The molecule has 1 amide bonds. The number of carbonyl (C=O) groups is 1. The lowest BCUT2D eigenvalue weighted by molar-refractivity contribution is -0.286. The van der Waals surface area contributed by atoms with E-state index in [9.17, 15) is 13.6 Å². The van der Waals surface area contributed by atoms with Crippen molar-refractivity contribution in [2.24, 2.45) is 5.73 Å². The van der Waals surface area contributed by atoms with Gasteiger partial charge in [-0.3, -0.25) is 19.3 Å². The van der Waals surface area contributed by atoms with Gasteiger partial charge in [-0.05, 0) is 30.8 Å². The summed E-state index contributed by atoms with van der Waals surface area (Å²) in [6.45, 7) is 3.53. The first-order chi connectivity index (χ1) is 13.3. The number of hydrogen-bond acceptors (Lipinski definition) is 6. The van der Waals surface area contributed by atoms with Gasteiger partial charge in [0.1, 0.15) is 0 Å². The fourth-order valence-corrected chi connectivity index (χ4v) is 3.54. The Morgan fingerprint density at radius 2 is 2.07 bits per heavy atom. The number of likely N-dealkylation sites (N-methyl/N-ethyl adjacent to an activating group) is 1. The molecule has 0 saturated carbocycles. The van der Waals surface area contributed by atoms with Crippen molar-refractivity contribution in [3.63, 3.8) is 0 Å². The Hall–Kier alpha value is -2.72. The van der Waals surface area contributed by atoms with Crippen LogP contribution in [0, 0.1) is 0 Å². The van der Waals surface area contributed by atoms with E-state index < -0.39 is 6.29 Å². The molecule has 3 heterocycles. The first-order valence-corrected chi connectivity index (χ1v) is 8.91. The average molecular weight is 393 g/mol. The maximum Gasteiger partial charge on any atom is 0.586 e. The van der Waals surface area contributed by atoms with Crippen molar-refractivity contribution in [1.82, 2.24) is 19.6 Å². The standard InChI is InChI=1S/C18H21F2N5O3/c1-23(11-17(21)26)9-13-7-14-10-24(4-5-25(14)22-13)8-12-2-3-15-16(6-12)28-18(19,20)27-15/h2-3,6-7H,4-5,8-11H2,1H3,(H2,21,26). The molecule has 1 aromatic heterocycles. The number of hydrogen-bond donors (Lipinski definition) is 1. The number of amides is 1. The Bertz CT molecular complexity index is 901. The summed E-state index contributed by atoms with van der Waals surface area (Å²) in [7, 11) is 1.82. The smallest absolute Gasteiger partial charge is 0.395 e. The number of aromatic nitrogens is 2. The fraction of sp³-hybridized carbons (Fsp3) is 0.444. The summed E-state index contributed by atoms with van der Waals surface area (Å²) in [6, 6.07) is 6.88. The summed E-state index contributed by atoms with van der Waals surface area (Å²) in [6.07, 6.45) is -3.60. The molecule has 0 atom stereocenters. The van der Waals surface area contributed by atoms with Gasteiger partial charge >= 0.3 is 6.29 Å². The molecule has 0 fully saturated rings. The zero-order valence-electron chi connectivity index (χ0n) is 15.4. The zero-order valence-corrected chi connectivity index (χ0v) is 15.4. The van der Waals surface area contributed by atoms with Crippen LogP contribution in [0.4, 0.5) is 8.78 Å². The second kappa shape index (κ2) is 7.02. The van der Waals surface area contributed by atoms with Crippen LogP contribution in [0.25, 0.3) is 0 Å². The number of nitrogens with zero attached hydrogens (tertiary/aromatic N) is 4. The van der Waals surface area contributed by atoms with Gasteiger partial charge in [0.2, 0.25) is 5.91 Å². The predicted molar refractivity (Wildman–Crippen MR) is 94.5 cm³/mol. The molecular formula is C18H21F2N5O3. The summed E-state index contributed by atoms with van der Waals surface area (Å²) in [4.78, 5) is 15.0. The van der Waals surface area contributed by atoms with Crippen molar-refractivity contribution in [2.75, 3.05) is 20.1 Å². The summed E-state index contributed by atoms with van der Waals surface area (Å²) >= 11 is 0. The minimum Gasteiger partial charge on any atom is -0.395 e. The van der Waals surface area contributed by atoms with Crippen molar-refractivity contribution in [1.29, 1.82) is 0 Å². The Morgan fingerprint density at radius 1 is 1.29 bits per heavy atom. The highest BCUT2D eigenvalue weighted by atomic mass is 19.3. The molecule has 28 heavy (non-hydrogen) atoms. The van der Waals surface area contributed by atoms with Gasteiger partial charge < -0.3 is 15.2 Å². The van der Waals surface area contributed by atoms with Crippen molar-refractivity contribution >= 4 is 5.91 Å². The van der Waals surface area contributed by atoms with Gasteiger partial charge in [0.05, 0.1) is 24.5 Å². The first-order valence-electron chi connectivity index (χ1n) is 8.91. The third-order valence-corrected chi connectivity index (χ3v) is 4.66. The molecule has 0 aliphatic carbocycles. The second-order valence-electron chi connectivity index (χ2n) is 7.15. The van der Waals surface area contributed by atoms with Crippen LogP contribution in [-0.4, -0.2) is 51.9 Å². The third kappa shape index (κ3) is 4.07. The van der Waals surface area contributed by atoms with Gasteiger partial charge in [0, 0.05) is 26.2 Å². The van der Waals surface area contributed by atoms with Crippen LogP contribution in [0.2, 0.25) is 0 Å². The molecule has 2 aromatic rings. The highest BCUT2D eigenvalue weighted by Gasteiger charge is 2.43. The van der Waals surface area contributed by atoms with Crippen molar-refractivity contribution in [2.45, 2.75) is 32.5 Å². The van der Waals surface area contributed by atoms with Gasteiger partial charge in [-0.2, -0.15) is 5.10 Å². The number of alkyl halides is 2. The molecule has 2 aliphatic rings. The molecule has 8 nitrogen and oxygen atoms in total. The van der Waals surface area contributed by atoms with Crippen molar-refractivity contribution < 1.29 is 23.0 Å². The number of carbonyl (C=O) groups excluding carboxylic acids is 1. The van der Waals surface area contributed by atoms with E-state index in [1.54, 1.807) is 12.1 Å². The topological polar surface area (TPSA) is 85.9 Å². The van der Waals surface area contributed by atoms with Gasteiger partial charge in [-0.25, -0.2) is 0 Å². The Kier molecular flexibility index (Phi) is 4.68. The molecule has 1 aromatic carbocycles. The van der Waals surface area contributed by atoms with Crippen LogP contribution < -0.4 is 15.2 Å². The quantitative estimate of drug-likeness (QED) is 0.792. The number of nitrogens with two attached hydrogens (primary N) is 1. The van der Waals surface area contributed by atoms with E-state index in [0.29, 0.717) is 19.6 Å². The molecule has 10 heteroatoms. The number of halogens is 2. The summed E-state index contributed by atoms with van der Waals surface area (Å²) in [5.74, 6) is -0.265. The maximum atomic E-state index is 13.2. The molecule has 150 valence electrons. The predicted octanol–water partition coefficient (Wildman–Crippen LogP) is 1.14. The van der Waals surface area contributed by atoms with Crippen LogP contribution in [0.15, 0.2) is 24.3 Å². The van der Waals surface area contributed by atoms with Crippen LogP contribution in [0.5, 0.6) is 11.5 Å². The number of fused-ring (bicyclic) bond motifs is 2. The average Bonchev–Trinajstić information content (AvgIpc) is 3.11. The Balaban J connectivity index is 1.39. The Labute approximate surface area is 160 Å². The van der Waals surface area contributed by atoms with Crippen LogP contribution in [-0.2, 0) is 31.0 Å². The van der Waals surface area contributed by atoms with Crippen LogP contribution >= 0.6 is 0 Å². The van der Waals surface area contributed by atoms with Crippen LogP contribution in [0.3, 0.4) is 0 Å². The molecule has 0 unspecified atom stereocenters. The zero-order chi connectivity index (χ0) is 19.9. The normalized spacial score (nSPS) is 17.7. The summed E-state index contributed by atoms with van der Waals surface area (Å²) in [5.41, 5.74) is 8.03. The van der Waals surface area contributed by atoms with E-state index in [1.807, 2.05) is 22.7 Å². The lowest BCUT2D eigenvalue weighted by atomic mass is 10.1. The van der Waals surface area contributed by atoms with E-state index in [4.69, 9.17) is 5.73 Å². The van der Waals surface area contributed by atoms with Gasteiger partial charge in [-0.15, -0.1) is 8.78 Å². The molecule has 0 saturated heterocycles. The largest absolute Gasteiger partial charge is 0.586 e. The van der Waals surface area contributed by atoms with Crippen molar-refractivity contribution in [3.8, 4) is 11.5 Å². The molecule has 2 aliphatic heterocycles. The molecule has 2 N–H and O–H groups in total. The minimum absolute atomic E-state index is 0.0511. The Morgan fingerprint density at radius 3 is 2.86 bits per heavy atom. The highest BCUT2D eigenvalue weighted by Crippen LogP contribution is 2.41. The fourth-order valence-electron chi connectivity index (χ4n) is 3.54. The molecule has 4 rings (SSSR count). The lowest BCUT2D eigenvalue weighted by Crippen LogP contribution is -2.33. The van der Waals surface area contributed by atoms with E-state index >= 15 is 0 Å². The summed E-state index contributed by atoms with van der Waals surface area (Å²) < 4.78 is 37.2. The SMILES string of the molecule is CN(CC(N)=O)Cc1cc2n(n1)CCN(Cc1ccc3c(c1)OC(F)(F)O3)C2. The van der Waals surface area contributed by atoms with E-state index in [0.717, 1.165) is 30.0 Å². The van der Waals surface area contributed by atoms with Gasteiger partial charge in [-0.1, -0.05) is 6.07 Å². The molecule has 0 spiro atoms. The van der Waals surface area contributed by atoms with Crippen molar-refractivity contribution in [3.05, 3.63) is 41.2 Å². The maximum absolute atomic E-state index is 13.2. The van der Waals surface area contributed by atoms with E-state index in [2.05, 4.69) is 19.5 Å². The lowest BCUT2D eigenvalue weighted by Gasteiger charge is -2.27. The molecule has 0 radical (unpaired) electrons. The number of primary amides is 1. The third-order valence-electron chi connectivity index (χ3n) is 4.66. The monoisotopic (exact) mass is 393 g/mol. The van der Waals surface area contributed by atoms with Gasteiger partial charge in [0.15, 0.2) is 11.5 Å².